The zero-order valence-electron chi connectivity index (χ0n) is 10.7. The molecule has 0 amide bonds. The van der Waals surface area contributed by atoms with Crippen molar-refractivity contribution < 1.29 is 17.6 Å². The van der Waals surface area contributed by atoms with E-state index in [-0.39, 0.29) is 15.9 Å². The zero-order valence-corrected chi connectivity index (χ0v) is 12.3. The van der Waals surface area contributed by atoms with Crippen LogP contribution in [0.1, 0.15) is 24.3 Å². The molecule has 0 radical (unpaired) electrons. The van der Waals surface area contributed by atoms with Crippen LogP contribution in [-0.2, 0) is 12.7 Å². The van der Waals surface area contributed by atoms with Gasteiger partial charge in [-0.3, -0.25) is 0 Å². The van der Waals surface area contributed by atoms with E-state index in [1.807, 2.05) is 0 Å². The van der Waals surface area contributed by atoms with Crippen LogP contribution >= 0.6 is 15.9 Å². The fraction of sp³-hybridized carbons (Fsp3) is 0.385. The van der Waals surface area contributed by atoms with Gasteiger partial charge in [0.2, 0.25) is 11.8 Å². The number of aromatic nitrogens is 2. The molecule has 0 saturated heterocycles. The van der Waals surface area contributed by atoms with Crippen molar-refractivity contribution in [3.05, 3.63) is 34.1 Å². The first kappa shape index (κ1) is 14.5. The molecule has 1 aliphatic rings. The quantitative estimate of drug-likeness (QED) is 0.900. The van der Waals surface area contributed by atoms with Gasteiger partial charge in [0.15, 0.2) is 0 Å². The van der Waals surface area contributed by atoms with Crippen LogP contribution in [0.15, 0.2) is 27.1 Å². The van der Waals surface area contributed by atoms with Gasteiger partial charge in [-0.05, 0) is 31.0 Å². The van der Waals surface area contributed by atoms with Crippen LogP contribution in [0.2, 0.25) is 0 Å². The van der Waals surface area contributed by atoms with Crippen molar-refractivity contribution in [3.8, 4) is 11.5 Å². The average molecular weight is 362 g/mol. The lowest BCUT2D eigenvalue weighted by atomic mass is 10.1. The molecular formula is C13H11BrF3N3O. The van der Waals surface area contributed by atoms with E-state index in [1.54, 1.807) is 0 Å². The molecule has 0 spiro atoms. The molecule has 0 aliphatic heterocycles. The minimum Gasteiger partial charge on any atom is -0.419 e. The summed E-state index contributed by atoms with van der Waals surface area (Å²) < 4.78 is 43.9. The lowest BCUT2D eigenvalue weighted by molar-refractivity contribution is -0.138. The van der Waals surface area contributed by atoms with E-state index in [0.29, 0.717) is 18.5 Å². The Labute approximate surface area is 126 Å². The molecule has 1 aliphatic carbocycles. The first-order chi connectivity index (χ1) is 9.93. The Bertz CT molecular complexity index is 652. The molecule has 8 heteroatoms. The first-order valence-electron chi connectivity index (χ1n) is 6.36. The number of benzene rings is 1. The molecule has 0 unspecified atom stereocenters. The van der Waals surface area contributed by atoms with Gasteiger partial charge in [0.1, 0.15) is 0 Å². The van der Waals surface area contributed by atoms with Crippen molar-refractivity contribution in [2.45, 2.75) is 31.6 Å². The molecule has 0 bridgehead atoms. The van der Waals surface area contributed by atoms with Gasteiger partial charge >= 0.3 is 6.18 Å². The third-order valence-electron chi connectivity index (χ3n) is 3.10. The highest BCUT2D eigenvalue weighted by molar-refractivity contribution is 9.10. The highest BCUT2D eigenvalue weighted by Crippen LogP contribution is 2.37. The average Bonchev–Trinajstić information content (AvgIpc) is 3.13. The lowest BCUT2D eigenvalue weighted by Gasteiger charge is -2.09. The molecule has 1 heterocycles. The summed E-state index contributed by atoms with van der Waals surface area (Å²) in [5.41, 5.74) is -0.522. The maximum atomic E-state index is 12.9. The van der Waals surface area contributed by atoms with E-state index < -0.39 is 11.7 Å². The van der Waals surface area contributed by atoms with E-state index in [1.165, 1.54) is 12.1 Å². The van der Waals surface area contributed by atoms with Crippen LogP contribution in [0, 0.1) is 0 Å². The second-order valence-electron chi connectivity index (χ2n) is 4.85. The van der Waals surface area contributed by atoms with E-state index in [4.69, 9.17) is 4.42 Å². The maximum absolute atomic E-state index is 12.9. The van der Waals surface area contributed by atoms with Crippen molar-refractivity contribution >= 4 is 15.9 Å². The Balaban J connectivity index is 1.82. The molecule has 21 heavy (non-hydrogen) atoms. The van der Waals surface area contributed by atoms with Crippen molar-refractivity contribution in [2.24, 2.45) is 0 Å². The molecule has 1 fully saturated rings. The third kappa shape index (κ3) is 3.44. The van der Waals surface area contributed by atoms with Crippen molar-refractivity contribution in [1.29, 1.82) is 0 Å². The Hall–Kier alpha value is -1.41. The predicted octanol–water partition coefficient (Wildman–Crippen LogP) is 3.77. The van der Waals surface area contributed by atoms with Gasteiger partial charge in [0, 0.05) is 16.1 Å². The number of rotatable bonds is 4. The summed E-state index contributed by atoms with van der Waals surface area (Å²) in [4.78, 5) is 0. The van der Waals surface area contributed by atoms with E-state index >= 15 is 0 Å². The van der Waals surface area contributed by atoms with Gasteiger partial charge in [-0.15, -0.1) is 10.2 Å². The molecule has 0 atom stereocenters. The van der Waals surface area contributed by atoms with E-state index in [0.717, 1.165) is 18.9 Å². The van der Waals surface area contributed by atoms with Gasteiger partial charge < -0.3 is 9.73 Å². The van der Waals surface area contributed by atoms with Gasteiger partial charge in [-0.1, -0.05) is 15.9 Å². The fourth-order valence-corrected chi connectivity index (χ4v) is 2.31. The molecule has 1 aromatic heterocycles. The number of nitrogens with one attached hydrogen (secondary N) is 1. The van der Waals surface area contributed by atoms with Crippen LogP contribution < -0.4 is 5.32 Å². The number of alkyl halides is 3. The summed E-state index contributed by atoms with van der Waals surface area (Å²) in [5, 5.41) is 10.8. The molecule has 1 aromatic carbocycles. The van der Waals surface area contributed by atoms with E-state index in [2.05, 4.69) is 31.4 Å². The number of hydrogen-bond donors (Lipinski definition) is 1. The minimum atomic E-state index is -4.44. The van der Waals surface area contributed by atoms with Crippen molar-refractivity contribution in [3.63, 3.8) is 0 Å². The second kappa shape index (κ2) is 5.42. The second-order valence-corrected chi connectivity index (χ2v) is 5.70. The standard InChI is InChI=1S/C13H11BrF3N3O/c14-10-4-1-7(5-9(10)13(15,16)17)12-20-19-11(21-12)6-18-8-2-3-8/h1,4-5,8,18H,2-3,6H2. The number of hydrogen-bond acceptors (Lipinski definition) is 4. The highest BCUT2D eigenvalue weighted by atomic mass is 79.9. The van der Waals surface area contributed by atoms with Crippen LogP contribution in [0.25, 0.3) is 11.5 Å². The smallest absolute Gasteiger partial charge is 0.417 e. The highest BCUT2D eigenvalue weighted by Gasteiger charge is 2.33. The van der Waals surface area contributed by atoms with Crippen LogP contribution in [0.5, 0.6) is 0 Å². The first-order valence-corrected chi connectivity index (χ1v) is 7.15. The molecular weight excluding hydrogens is 351 g/mol. The SMILES string of the molecule is FC(F)(F)c1cc(-c2nnc(CNC3CC3)o2)ccc1Br. The van der Waals surface area contributed by atoms with Gasteiger partial charge in [0.05, 0.1) is 12.1 Å². The Kier molecular flexibility index (Phi) is 3.75. The molecule has 1 saturated carbocycles. The van der Waals surface area contributed by atoms with Crippen LogP contribution in [0.3, 0.4) is 0 Å². The fourth-order valence-electron chi connectivity index (χ4n) is 1.84. The van der Waals surface area contributed by atoms with Crippen LogP contribution in [-0.4, -0.2) is 16.2 Å². The predicted molar refractivity (Wildman–Crippen MR) is 72.3 cm³/mol. The third-order valence-corrected chi connectivity index (χ3v) is 3.80. The minimum absolute atomic E-state index is 0.0195. The van der Waals surface area contributed by atoms with Crippen molar-refractivity contribution in [1.82, 2.24) is 15.5 Å². The lowest BCUT2D eigenvalue weighted by Crippen LogP contribution is -2.15. The Morgan fingerprint density at radius 1 is 1.29 bits per heavy atom. The monoisotopic (exact) mass is 361 g/mol. The molecule has 4 nitrogen and oxygen atoms in total. The normalized spacial score (nSPS) is 15.4. The molecule has 112 valence electrons. The largest absolute Gasteiger partial charge is 0.419 e. The summed E-state index contributed by atoms with van der Waals surface area (Å²) in [6.07, 6.45) is -2.18. The molecule has 2 aromatic rings. The summed E-state index contributed by atoms with van der Waals surface area (Å²) in [6.45, 7) is 0.431. The maximum Gasteiger partial charge on any atom is 0.417 e. The number of halogens is 4. The molecule has 3 rings (SSSR count). The van der Waals surface area contributed by atoms with Gasteiger partial charge in [-0.2, -0.15) is 13.2 Å². The van der Waals surface area contributed by atoms with Crippen LogP contribution in [0.4, 0.5) is 13.2 Å². The summed E-state index contributed by atoms with van der Waals surface area (Å²) in [6, 6.07) is 4.32. The van der Waals surface area contributed by atoms with Gasteiger partial charge in [0.25, 0.3) is 0 Å². The Morgan fingerprint density at radius 2 is 2.05 bits per heavy atom. The van der Waals surface area contributed by atoms with Gasteiger partial charge in [-0.25, -0.2) is 0 Å². The topological polar surface area (TPSA) is 51.0 Å². The van der Waals surface area contributed by atoms with E-state index in [9.17, 15) is 13.2 Å². The zero-order chi connectivity index (χ0) is 15.0. The summed E-state index contributed by atoms with van der Waals surface area (Å²) >= 11 is 2.90. The number of nitrogens with zero attached hydrogens (tertiary/aromatic N) is 2. The molecule has 1 N–H and O–H groups in total. The summed E-state index contributed by atoms with van der Waals surface area (Å²) in [5.74, 6) is 0.453. The van der Waals surface area contributed by atoms with Crippen molar-refractivity contribution in [2.75, 3.05) is 0 Å². The Morgan fingerprint density at radius 3 is 2.71 bits per heavy atom. The summed E-state index contributed by atoms with van der Waals surface area (Å²) in [7, 11) is 0.